The van der Waals surface area contributed by atoms with E-state index in [0.717, 1.165) is 25.9 Å². The molecule has 0 saturated carbocycles. The van der Waals surface area contributed by atoms with Crippen molar-refractivity contribution in [2.24, 2.45) is 0 Å². The first-order valence-corrected chi connectivity index (χ1v) is 4.38. The third-order valence-electron chi connectivity index (χ3n) is 2.28. The van der Waals surface area contributed by atoms with Gasteiger partial charge in [-0.15, -0.1) is 0 Å². The van der Waals surface area contributed by atoms with Crippen LogP contribution in [0.15, 0.2) is 0 Å². The van der Waals surface area contributed by atoms with Gasteiger partial charge in [0.15, 0.2) is 0 Å². The van der Waals surface area contributed by atoms with Crippen LogP contribution in [0.5, 0.6) is 0 Å². The maximum atomic E-state index is 13.4. The molecule has 0 spiro atoms. The van der Waals surface area contributed by atoms with E-state index in [-0.39, 0.29) is 0 Å². The van der Waals surface area contributed by atoms with E-state index in [2.05, 4.69) is 0 Å². The summed E-state index contributed by atoms with van der Waals surface area (Å²) in [7, 11) is 0. The lowest BCUT2D eigenvalue weighted by molar-refractivity contribution is 0.0998. The molecule has 12 heavy (non-hydrogen) atoms. The molecule has 0 aliphatic carbocycles. The molecule has 1 saturated heterocycles. The minimum Gasteiger partial charge on any atom is -0.285 e. The SMILES string of the molecule is CC(C)(F)[C@@H](C#N)N1CCCC1. The number of nitrogens with zero attached hydrogens (tertiary/aromatic N) is 2. The summed E-state index contributed by atoms with van der Waals surface area (Å²) in [6, 6.07) is 1.47. The van der Waals surface area contributed by atoms with Gasteiger partial charge in [0.2, 0.25) is 0 Å². The summed E-state index contributed by atoms with van der Waals surface area (Å²) in [5, 5.41) is 8.79. The van der Waals surface area contributed by atoms with Crippen molar-refractivity contribution in [2.75, 3.05) is 13.1 Å². The Labute approximate surface area is 73.0 Å². The molecule has 0 N–H and O–H groups in total. The molecule has 1 atom stereocenters. The molecular formula is C9H15FN2. The van der Waals surface area contributed by atoms with Crippen molar-refractivity contribution in [3.63, 3.8) is 0 Å². The van der Waals surface area contributed by atoms with Crippen molar-refractivity contribution < 1.29 is 4.39 Å². The van der Waals surface area contributed by atoms with E-state index >= 15 is 0 Å². The minimum absolute atomic E-state index is 0.569. The van der Waals surface area contributed by atoms with Gasteiger partial charge in [0.1, 0.15) is 11.7 Å². The van der Waals surface area contributed by atoms with E-state index < -0.39 is 11.7 Å². The fourth-order valence-corrected chi connectivity index (χ4v) is 1.67. The molecule has 0 aromatic rings. The van der Waals surface area contributed by atoms with Gasteiger partial charge in [-0.3, -0.25) is 4.90 Å². The van der Waals surface area contributed by atoms with Gasteiger partial charge in [-0.2, -0.15) is 5.26 Å². The summed E-state index contributed by atoms with van der Waals surface area (Å²) in [5.41, 5.74) is -1.40. The van der Waals surface area contributed by atoms with E-state index in [4.69, 9.17) is 5.26 Å². The standard InChI is InChI=1S/C9H15FN2/c1-9(2,10)8(7-11)12-5-3-4-6-12/h8H,3-6H2,1-2H3/t8-/m1/s1. The first kappa shape index (κ1) is 9.47. The number of hydrogen-bond donors (Lipinski definition) is 0. The lowest BCUT2D eigenvalue weighted by Gasteiger charge is -2.29. The Kier molecular flexibility index (Phi) is 2.69. The highest BCUT2D eigenvalue weighted by molar-refractivity contribution is 5.03. The lowest BCUT2D eigenvalue weighted by atomic mass is 10.0. The molecule has 0 aromatic heterocycles. The maximum Gasteiger partial charge on any atom is 0.134 e. The average Bonchev–Trinajstić information content (AvgIpc) is 2.38. The predicted molar refractivity (Wildman–Crippen MR) is 45.4 cm³/mol. The van der Waals surface area contributed by atoms with Gasteiger partial charge in [-0.25, -0.2) is 4.39 Å². The fraction of sp³-hybridized carbons (Fsp3) is 0.889. The first-order chi connectivity index (χ1) is 5.55. The average molecular weight is 170 g/mol. The van der Waals surface area contributed by atoms with Gasteiger partial charge in [-0.05, 0) is 39.8 Å². The predicted octanol–water partition coefficient (Wildman–Crippen LogP) is 1.72. The summed E-state index contributed by atoms with van der Waals surface area (Å²) in [4.78, 5) is 1.93. The molecule has 1 heterocycles. The largest absolute Gasteiger partial charge is 0.285 e. The van der Waals surface area contributed by atoms with Crippen molar-refractivity contribution >= 4 is 0 Å². The molecule has 0 unspecified atom stereocenters. The molecule has 1 aliphatic heterocycles. The highest BCUT2D eigenvalue weighted by Gasteiger charge is 2.35. The summed E-state index contributed by atoms with van der Waals surface area (Å²) >= 11 is 0. The maximum absolute atomic E-state index is 13.4. The molecule has 0 amide bonds. The number of rotatable bonds is 2. The summed E-state index contributed by atoms with van der Waals surface area (Å²) in [6.07, 6.45) is 2.18. The molecule has 68 valence electrons. The molecule has 0 bridgehead atoms. The normalized spacial score (nSPS) is 22.2. The highest BCUT2D eigenvalue weighted by Crippen LogP contribution is 2.23. The molecule has 3 heteroatoms. The topological polar surface area (TPSA) is 27.0 Å². The second-order valence-corrected chi connectivity index (χ2v) is 3.84. The van der Waals surface area contributed by atoms with Crippen LogP contribution in [0.25, 0.3) is 0 Å². The van der Waals surface area contributed by atoms with Crippen LogP contribution in [0, 0.1) is 11.3 Å². The van der Waals surface area contributed by atoms with Crippen molar-refractivity contribution in [1.82, 2.24) is 4.90 Å². The van der Waals surface area contributed by atoms with Crippen molar-refractivity contribution in [2.45, 2.75) is 38.4 Å². The first-order valence-electron chi connectivity index (χ1n) is 4.38. The number of halogens is 1. The van der Waals surface area contributed by atoms with Gasteiger partial charge in [0.05, 0.1) is 6.07 Å². The molecule has 1 aliphatic rings. The van der Waals surface area contributed by atoms with Crippen LogP contribution in [0.1, 0.15) is 26.7 Å². The Balaban J connectivity index is 2.63. The Hall–Kier alpha value is -0.620. The van der Waals surface area contributed by atoms with Gasteiger partial charge >= 0.3 is 0 Å². The zero-order valence-electron chi connectivity index (χ0n) is 7.68. The number of nitriles is 1. The zero-order chi connectivity index (χ0) is 9.19. The van der Waals surface area contributed by atoms with Crippen molar-refractivity contribution in [1.29, 1.82) is 5.26 Å². The van der Waals surface area contributed by atoms with E-state index in [1.807, 2.05) is 11.0 Å². The van der Waals surface area contributed by atoms with Crippen molar-refractivity contribution in [3.8, 4) is 6.07 Å². The molecule has 1 rings (SSSR count). The van der Waals surface area contributed by atoms with Crippen LogP contribution in [-0.4, -0.2) is 29.7 Å². The molecule has 1 fully saturated rings. The fourth-order valence-electron chi connectivity index (χ4n) is 1.67. The monoisotopic (exact) mass is 170 g/mol. The molecule has 0 aromatic carbocycles. The van der Waals surface area contributed by atoms with Gasteiger partial charge in [0.25, 0.3) is 0 Å². The lowest BCUT2D eigenvalue weighted by Crippen LogP contribution is -2.44. The smallest absolute Gasteiger partial charge is 0.134 e. The molecular weight excluding hydrogens is 155 g/mol. The van der Waals surface area contributed by atoms with Gasteiger partial charge in [-0.1, -0.05) is 0 Å². The third-order valence-corrected chi connectivity index (χ3v) is 2.28. The summed E-state index contributed by atoms with van der Waals surface area (Å²) < 4.78 is 13.4. The molecule has 2 nitrogen and oxygen atoms in total. The number of alkyl halides is 1. The van der Waals surface area contributed by atoms with Crippen LogP contribution in [0.3, 0.4) is 0 Å². The third kappa shape index (κ3) is 1.95. The Morgan fingerprint density at radius 3 is 2.25 bits per heavy atom. The van der Waals surface area contributed by atoms with E-state index in [0.29, 0.717) is 0 Å². The zero-order valence-corrected chi connectivity index (χ0v) is 7.68. The van der Waals surface area contributed by atoms with Crippen LogP contribution < -0.4 is 0 Å². The Bertz CT molecular complexity index is 184. The quantitative estimate of drug-likeness (QED) is 0.631. The van der Waals surface area contributed by atoms with Crippen LogP contribution >= 0.6 is 0 Å². The van der Waals surface area contributed by atoms with E-state index in [1.165, 1.54) is 13.8 Å². The Morgan fingerprint density at radius 1 is 1.42 bits per heavy atom. The summed E-state index contributed by atoms with van der Waals surface area (Å²) in [5.74, 6) is 0. The molecule has 0 radical (unpaired) electrons. The van der Waals surface area contributed by atoms with Crippen molar-refractivity contribution in [3.05, 3.63) is 0 Å². The Morgan fingerprint density at radius 2 is 1.92 bits per heavy atom. The van der Waals surface area contributed by atoms with E-state index in [1.54, 1.807) is 0 Å². The van der Waals surface area contributed by atoms with Crippen LogP contribution in [-0.2, 0) is 0 Å². The summed E-state index contributed by atoms with van der Waals surface area (Å²) in [6.45, 7) is 4.68. The highest BCUT2D eigenvalue weighted by atomic mass is 19.1. The number of likely N-dealkylation sites (tertiary alicyclic amines) is 1. The second-order valence-electron chi connectivity index (χ2n) is 3.84. The van der Waals surface area contributed by atoms with Crippen LogP contribution in [0.2, 0.25) is 0 Å². The second kappa shape index (κ2) is 3.40. The van der Waals surface area contributed by atoms with Crippen LogP contribution in [0.4, 0.5) is 4.39 Å². The number of hydrogen-bond acceptors (Lipinski definition) is 2. The minimum atomic E-state index is -1.40. The van der Waals surface area contributed by atoms with Gasteiger partial charge < -0.3 is 0 Å². The van der Waals surface area contributed by atoms with Gasteiger partial charge in [0, 0.05) is 0 Å². The van der Waals surface area contributed by atoms with E-state index in [9.17, 15) is 4.39 Å².